The van der Waals surface area contributed by atoms with Crippen LogP contribution in [0, 0.1) is 5.92 Å². The summed E-state index contributed by atoms with van der Waals surface area (Å²) in [7, 11) is 0. The van der Waals surface area contributed by atoms with Gasteiger partial charge in [-0.15, -0.1) is 0 Å². The van der Waals surface area contributed by atoms with Crippen molar-refractivity contribution in [3.05, 3.63) is 0 Å². The molecule has 1 atom stereocenters. The van der Waals surface area contributed by atoms with Crippen LogP contribution < -0.4 is 5.73 Å². The van der Waals surface area contributed by atoms with Crippen LogP contribution in [-0.2, 0) is 4.74 Å². The van der Waals surface area contributed by atoms with Crippen LogP contribution in [0.1, 0.15) is 34.1 Å². The Bertz CT molecular complexity index is 140. The van der Waals surface area contributed by atoms with E-state index >= 15 is 0 Å². The van der Waals surface area contributed by atoms with E-state index in [0.717, 1.165) is 32.0 Å². The summed E-state index contributed by atoms with van der Waals surface area (Å²) in [5.41, 5.74) is 5.64. The van der Waals surface area contributed by atoms with E-state index in [0.29, 0.717) is 6.54 Å². The van der Waals surface area contributed by atoms with Crippen molar-refractivity contribution in [3.63, 3.8) is 0 Å². The Labute approximate surface area is 95.0 Å². The van der Waals surface area contributed by atoms with Gasteiger partial charge in [0.2, 0.25) is 0 Å². The summed E-state index contributed by atoms with van der Waals surface area (Å²) in [6, 6.07) is 0. The first-order valence-corrected chi connectivity index (χ1v) is 6.17. The highest BCUT2D eigenvalue weighted by Gasteiger charge is 2.10. The number of rotatable bonds is 9. The minimum atomic E-state index is 0.233. The average Bonchev–Trinajstić information content (AvgIpc) is 2.21. The van der Waals surface area contributed by atoms with Crippen LogP contribution >= 0.6 is 0 Å². The van der Waals surface area contributed by atoms with Crippen molar-refractivity contribution < 1.29 is 4.74 Å². The lowest BCUT2D eigenvalue weighted by atomic mass is 10.2. The zero-order chi connectivity index (χ0) is 11.7. The second-order valence-electron chi connectivity index (χ2n) is 4.39. The smallest absolute Gasteiger partial charge is 0.0709 e. The quantitative estimate of drug-likeness (QED) is 0.638. The fraction of sp³-hybridized carbons (Fsp3) is 1.00. The summed E-state index contributed by atoms with van der Waals surface area (Å²) in [5.74, 6) is 0.730. The van der Waals surface area contributed by atoms with Crippen molar-refractivity contribution in [2.75, 3.05) is 32.8 Å². The van der Waals surface area contributed by atoms with Gasteiger partial charge in [-0.05, 0) is 25.8 Å². The molecule has 92 valence electrons. The van der Waals surface area contributed by atoms with Crippen molar-refractivity contribution in [2.45, 2.75) is 40.2 Å². The minimum Gasteiger partial charge on any atom is -0.377 e. The molecule has 0 aromatic heterocycles. The molecule has 0 saturated heterocycles. The van der Waals surface area contributed by atoms with Crippen LogP contribution in [0.3, 0.4) is 0 Å². The van der Waals surface area contributed by atoms with E-state index in [1.165, 1.54) is 6.54 Å². The van der Waals surface area contributed by atoms with Gasteiger partial charge in [-0.3, -0.25) is 0 Å². The molecule has 0 bridgehead atoms. The number of nitrogens with zero attached hydrogens (tertiary/aromatic N) is 1. The van der Waals surface area contributed by atoms with Gasteiger partial charge in [0.15, 0.2) is 0 Å². The average molecular weight is 216 g/mol. The van der Waals surface area contributed by atoms with E-state index in [1.807, 2.05) is 6.92 Å². The zero-order valence-electron chi connectivity index (χ0n) is 10.8. The summed E-state index contributed by atoms with van der Waals surface area (Å²) in [6.45, 7) is 13.5. The van der Waals surface area contributed by atoms with Gasteiger partial charge in [-0.25, -0.2) is 0 Å². The van der Waals surface area contributed by atoms with Gasteiger partial charge in [0.1, 0.15) is 0 Å². The molecule has 2 N–H and O–H groups in total. The topological polar surface area (TPSA) is 38.5 Å². The Morgan fingerprint density at radius 1 is 1.27 bits per heavy atom. The standard InChI is InChI=1S/C12H28N2O/c1-5-14(10-11(3)4)8-7-12(9-13)15-6-2/h11-12H,5-10,13H2,1-4H3. The van der Waals surface area contributed by atoms with E-state index in [2.05, 4.69) is 25.7 Å². The molecule has 3 nitrogen and oxygen atoms in total. The molecule has 0 radical (unpaired) electrons. The molecule has 1 unspecified atom stereocenters. The van der Waals surface area contributed by atoms with Gasteiger partial charge in [0.05, 0.1) is 6.10 Å². The molecule has 0 aromatic rings. The third kappa shape index (κ3) is 7.77. The maximum absolute atomic E-state index is 5.64. The molecule has 0 heterocycles. The third-order valence-electron chi connectivity index (χ3n) is 2.50. The van der Waals surface area contributed by atoms with Gasteiger partial charge in [-0.1, -0.05) is 20.8 Å². The molecular formula is C12H28N2O. The van der Waals surface area contributed by atoms with Crippen LogP contribution in [0.25, 0.3) is 0 Å². The van der Waals surface area contributed by atoms with E-state index in [4.69, 9.17) is 10.5 Å². The molecule has 0 aliphatic rings. The van der Waals surface area contributed by atoms with Crippen LogP contribution in [-0.4, -0.2) is 43.8 Å². The molecule has 0 aliphatic carbocycles. The second-order valence-corrected chi connectivity index (χ2v) is 4.39. The Morgan fingerprint density at radius 2 is 1.93 bits per heavy atom. The fourth-order valence-corrected chi connectivity index (χ4v) is 1.73. The largest absolute Gasteiger partial charge is 0.377 e. The van der Waals surface area contributed by atoms with E-state index in [-0.39, 0.29) is 6.10 Å². The lowest BCUT2D eigenvalue weighted by molar-refractivity contribution is 0.0538. The maximum Gasteiger partial charge on any atom is 0.0709 e. The molecule has 0 fully saturated rings. The molecule has 0 aliphatic heterocycles. The van der Waals surface area contributed by atoms with Crippen LogP contribution in [0.4, 0.5) is 0 Å². The Balaban J connectivity index is 3.76. The first-order valence-electron chi connectivity index (χ1n) is 6.17. The lowest BCUT2D eigenvalue weighted by Crippen LogP contribution is -2.33. The Kier molecular flexibility index (Phi) is 9.06. The first kappa shape index (κ1) is 14.9. The molecular weight excluding hydrogens is 188 g/mol. The Hall–Kier alpha value is -0.120. The van der Waals surface area contributed by atoms with Crippen LogP contribution in [0.5, 0.6) is 0 Å². The van der Waals surface area contributed by atoms with Crippen molar-refractivity contribution in [2.24, 2.45) is 11.7 Å². The molecule has 0 amide bonds. The second kappa shape index (κ2) is 9.13. The third-order valence-corrected chi connectivity index (χ3v) is 2.50. The SMILES string of the molecule is CCOC(CN)CCN(CC)CC(C)C. The molecule has 0 spiro atoms. The van der Waals surface area contributed by atoms with E-state index < -0.39 is 0 Å². The Morgan fingerprint density at radius 3 is 2.33 bits per heavy atom. The highest BCUT2D eigenvalue weighted by atomic mass is 16.5. The number of ether oxygens (including phenoxy) is 1. The van der Waals surface area contributed by atoms with Gasteiger partial charge in [0.25, 0.3) is 0 Å². The molecule has 3 heteroatoms. The maximum atomic E-state index is 5.64. The molecule has 0 rings (SSSR count). The summed E-state index contributed by atoms with van der Waals surface area (Å²) >= 11 is 0. The van der Waals surface area contributed by atoms with E-state index in [9.17, 15) is 0 Å². The molecule has 15 heavy (non-hydrogen) atoms. The lowest BCUT2D eigenvalue weighted by Gasteiger charge is -2.24. The summed E-state index contributed by atoms with van der Waals surface area (Å²) in [6.07, 6.45) is 1.28. The minimum absolute atomic E-state index is 0.233. The summed E-state index contributed by atoms with van der Waals surface area (Å²) in [5, 5.41) is 0. The zero-order valence-corrected chi connectivity index (χ0v) is 10.8. The van der Waals surface area contributed by atoms with Gasteiger partial charge < -0.3 is 15.4 Å². The highest BCUT2D eigenvalue weighted by Crippen LogP contribution is 2.03. The van der Waals surface area contributed by atoms with Crippen molar-refractivity contribution in [1.29, 1.82) is 0 Å². The van der Waals surface area contributed by atoms with Gasteiger partial charge >= 0.3 is 0 Å². The number of hydrogen-bond donors (Lipinski definition) is 1. The molecule has 0 saturated carbocycles. The van der Waals surface area contributed by atoms with Gasteiger partial charge in [0, 0.05) is 26.2 Å². The van der Waals surface area contributed by atoms with Crippen LogP contribution in [0.15, 0.2) is 0 Å². The number of hydrogen-bond acceptors (Lipinski definition) is 3. The fourth-order valence-electron chi connectivity index (χ4n) is 1.73. The summed E-state index contributed by atoms with van der Waals surface area (Å²) in [4.78, 5) is 2.46. The van der Waals surface area contributed by atoms with Crippen LogP contribution in [0.2, 0.25) is 0 Å². The van der Waals surface area contributed by atoms with Crippen molar-refractivity contribution in [3.8, 4) is 0 Å². The van der Waals surface area contributed by atoms with Crippen molar-refractivity contribution >= 4 is 0 Å². The number of nitrogens with two attached hydrogens (primary N) is 1. The van der Waals surface area contributed by atoms with E-state index in [1.54, 1.807) is 0 Å². The van der Waals surface area contributed by atoms with Crippen molar-refractivity contribution in [1.82, 2.24) is 4.90 Å². The predicted octanol–water partition coefficient (Wildman–Crippen LogP) is 1.72. The highest BCUT2D eigenvalue weighted by molar-refractivity contribution is 4.64. The normalized spacial score (nSPS) is 13.8. The monoisotopic (exact) mass is 216 g/mol. The first-order chi connectivity index (χ1) is 7.13. The molecule has 0 aromatic carbocycles. The van der Waals surface area contributed by atoms with Gasteiger partial charge in [-0.2, -0.15) is 0 Å². The summed E-state index contributed by atoms with van der Waals surface area (Å²) < 4.78 is 5.54. The predicted molar refractivity (Wildman–Crippen MR) is 66.0 cm³/mol.